The Hall–Kier alpha value is -0.900. The van der Waals surface area contributed by atoms with Crippen LogP contribution in [0.1, 0.15) is 34.3 Å². The van der Waals surface area contributed by atoms with Crippen LogP contribution < -0.4 is 5.32 Å². The molecule has 1 heterocycles. The molecule has 1 aromatic carbocycles. The lowest BCUT2D eigenvalue weighted by atomic mass is 10.1. The largest absolute Gasteiger partial charge is 0.310 e. The maximum Gasteiger partial charge on any atom is 0.0897 e. The maximum atomic E-state index is 6.03. The summed E-state index contributed by atoms with van der Waals surface area (Å²) in [4.78, 5) is 4.49. The number of aryl methyl sites for hydroxylation is 2. The number of thiazole rings is 1. The van der Waals surface area contributed by atoms with Gasteiger partial charge in [-0.2, -0.15) is 0 Å². The van der Waals surface area contributed by atoms with E-state index in [2.05, 4.69) is 34.7 Å². The third kappa shape index (κ3) is 2.99. The Morgan fingerprint density at radius 3 is 3.16 bits per heavy atom. The SMILES string of the molecule is Cc1nc(CCNC2CCc3cc(Cl)ccc32)cs1. The molecule has 0 spiro atoms. The number of aromatic nitrogens is 1. The van der Waals surface area contributed by atoms with Gasteiger partial charge in [0.05, 0.1) is 10.7 Å². The molecule has 2 nitrogen and oxygen atoms in total. The van der Waals surface area contributed by atoms with Gasteiger partial charge in [-0.15, -0.1) is 11.3 Å². The van der Waals surface area contributed by atoms with Gasteiger partial charge in [0.15, 0.2) is 0 Å². The first kappa shape index (κ1) is 13.1. The monoisotopic (exact) mass is 292 g/mol. The van der Waals surface area contributed by atoms with Crippen molar-refractivity contribution in [2.24, 2.45) is 0 Å². The minimum atomic E-state index is 0.479. The zero-order valence-corrected chi connectivity index (χ0v) is 12.5. The van der Waals surface area contributed by atoms with Crippen molar-refractivity contribution >= 4 is 22.9 Å². The first-order valence-corrected chi connectivity index (χ1v) is 7.91. The highest BCUT2D eigenvalue weighted by atomic mass is 35.5. The molecule has 1 aliphatic carbocycles. The number of rotatable bonds is 4. The van der Waals surface area contributed by atoms with Crippen LogP contribution in [0.4, 0.5) is 0 Å². The van der Waals surface area contributed by atoms with Gasteiger partial charge in [0, 0.05) is 29.4 Å². The van der Waals surface area contributed by atoms with Gasteiger partial charge in [-0.05, 0) is 43.0 Å². The van der Waals surface area contributed by atoms with Crippen LogP contribution in [-0.4, -0.2) is 11.5 Å². The molecule has 0 saturated carbocycles. The highest BCUT2D eigenvalue weighted by Crippen LogP contribution is 2.32. The van der Waals surface area contributed by atoms with Crippen molar-refractivity contribution < 1.29 is 0 Å². The van der Waals surface area contributed by atoms with Crippen LogP contribution in [0.2, 0.25) is 5.02 Å². The first-order chi connectivity index (χ1) is 9.22. The molecule has 3 rings (SSSR count). The predicted molar refractivity (Wildman–Crippen MR) is 81.1 cm³/mol. The molecule has 0 aliphatic heterocycles. The number of hydrogen-bond acceptors (Lipinski definition) is 3. The quantitative estimate of drug-likeness (QED) is 0.924. The van der Waals surface area contributed by atoms with E-state index in [1.165, 1.54) is 23.2 Å². The van der Waals surface area contributed by atoms with Gasteiger partial charge in [0.2, 0.25) is 0 Å². The average Bonchev–Trinajstić information content (AvgIpc) is 2.96. The summed E-state index contributed by atoms with van der Waals surface area (Å²) in [6.07, 6.45) is 3.30. The molecule has 19 heavy (non-hydrogen) atoms. The number of fused-ring (bicyclic) bond motifs is 1. The summed E-state index contributed by atoms with van der Waals surface area (Å²) in [6.45, 7) is 3.04. The molecule has 0 fully saturated rings. The van der Waals surface area contributed by atoms with E-state index < -0.39 is 0 Å². The van der Waals surface area contributed by atoms with Gasteiger partial charge in [0.25, 0.3) is 0 Å². The number of nitrogens with one attached hydrogen (secondary N) is 1. The van der Waals surface area contributed by atoms with E-state index in [0.717, 1.165) is 29.4 Å². The van der Waals surface area contributed by atoms with Crippen LogP contribution in [0, 0.1) is 6.92 Å². The molecule has 1 aliphatic rings. The zero-order chi connectivity index (χ0) is 13.2. The van der Waals surface area contributed by atoms with Gasteiger partial charge in [-0.3, -0.25) is 0 Å². The molecule has 1 unspecified atom stereocenters. The lowest BCUT2D eigenvalue weighted by Crippen LogP contribution is -2.22. The Morgan fingerprint density at radius 2 is 2.37 bits per heavy atom. The van der Waals surface area contributed by atoms with Gasteiger partial charge in [-0.25, -0.2) is 4.98 Å². The Bertz CT molecular complexity index is 579. The van der Waals surface area contributed by atoms with Crippen molar-refractivity contribution in [3.63, 3.8) is 0 Å². The summed E-state index contributed by atoms with van der Waals surface area (Å²) < 4.78 is 0. The fraction of sp³-hybridized carbons (Fsp3) is 0.400. The van der Waals surface area contributed by atoms with Crippen LogP contribution in [0.15, 0.2) is 23.6 Å². The van der Waals surface area contributed by atoms with Gasteiger partial charge in [-0.1, -0.05) is 17.7 Å². The Morgan fingerprint density at radius 1 is 1.47 bits per heavy atom. The number of hydrogen-bond donors (Lipinski definition) is 1. The summed E-state index contributed by atoms with van der Waals surface area (Å²) in [6, 6.07) is 6.73. The molecule has 0 radical (unpaired) electrons. The van der Waals surface area contributed by atoms with Crippen LogP contribution in [-0.2, 0) is 12.8 Å². The summed E-state index contributed by atoms with van der Waals surface area (Å²) in [5, 5.41) is 7.78. The van der Waals surface area contributed by atoms with Gasteiger partial charge >= 0.3 is 0 Å². The van der Waals surface area contributed by atoms with Crippen LogP contribution in [0.25, 0.3) is 0 Å². The lowest BCUT2D eigenvalue weighted by molar-refractivity contribution is 0.532. The number of benzene rings is 1. The Kier molecular flexibility index (Phi) is 3.87. The summed E-state index contributed by atoms with van der Waals surface area (Å²) in [5.41, 5.74) is 4.01. The second-order valence-electron chi connectivity index (χ2n) is 5.00. The van der Waals surface area contributed by atoms with E-state index in [1.54, 1.807) is 11.3 Å². The van der Waals surface area contributed by atoms with Crippen LogP contribution in [0.3, 0.4) is 0 Å². The van der Waals surface area contributed by atoms with E-state index in [1.807, 2.05) is 6.07 Å². The number of halogens is 1. The average molecular weight is 293 g/mol. The van der Waals surface area contributed by atoms with Crippen molar-refractivity contribution in [3.05, 3.63) is 50.4 Å². The van der Waals surface area contributed by atoms with Crippen LogP contribution in [0.5, 0.6) is 0 Å². The molecule has 0 saturated heterocycles. The highest BCUT2D eigenvalue weighted by Gasteiger charge is 2.21. The fourth-order valence-electron chi connectivity index (χ4n) is 2.70. The molecule has 0 bridgehead atoms. The highest BCUT2D eigenvalue weighted by molar-refractivity contribution is 7.09. The van der Waals surface area contributed by atoms with E-state index in [0.29, 0.717) is 6.04 Å². The topological polar surface area (TPSA) is 24.9 Å². The molecule has 2 aromatic rings. The maximum absolute atomic E-state index is 6.03. The van der Waals surface area contributed by atoms with Gasteiger partial charge in [0.1, 0.15) is 0 Å². The van der Waals surface area contributed by atoms with Crippen molar-refractivity contribution in [2.75, 3.05) is 6.54 Å². The first-order valence-electron chi connectivity index (χ1n) is 6.65. The standard InChI is InChI=1S/C15H17ClN2S/c1-10-18-13(9-19-10)6-7-17-15-5-2-11-8-12(16)3-4-14(11)15/h3-4,8-9,15,17H,2,5-7H2,1H3. The third-order valence-corrected chi connectivity index (χ3v) is 4.68. The smallest absolute Gasteiger partial charge is 0.0897 e. The molecule has 1 N–H and O–H groups in total. The minimum Gasteiger partial charge on any atom is -0.310 e. The lowest BCUT2D eigenvalue weighted by Gasteiger charge is -2.13. The Balaban J connectivity index is 1.58. The molecule has 100 valence electrons. The minimum absolute atomic E-state index is 0.479. The molecular weight excluding hydrogens is 276 g/mol. The van der Waals surface area contributed by atoms with Crippen molar-refractivity contribution in [3.8, 4) is 0 Å². The summed E-state index contributed by atoms with van der Waals surface area (Å²) in [7, 11) is 0. The number of nitrogens with zero attached hydrogens (tertiary/aromatic N) is 1. The van der Waals surface area contributed by atoms with Crippen molar-refractivity contribution in [1.29, 1.82) is 0 Å². The summed E-state index contributed by atoms with van der Waals surface area (Å²) in [5.74, 6) is 0. The van der Waals surface area contributed by atoms with E-state index in [-0.39, 0.29) is 0 Å². The second kappa shape index (κ2) is 5.61. The van der Waals surface area contributed by atoms with Crippen molar-refractivity contribution in [1.82, 2.24) is 10.3 Å². The predicted octanol–water partition coefficient (Wildman–Crippen LogP) is 3.92. The molecule has 4 heteroatoms. The van der Waals surface area contributed by atoms with E-state index in [4.69, 9.17) is 11.6 Å². The molecule has 0 amide bonds. The van der Waals surface area contributed by atoms with Crippen LogP contribution >= 0.6 is 22.9 Å². The Labute approximate surface area is 122 Å². The normalized spacial score (nSPS) is 17.7. The third-order valence-electron chi connectivity index (χ3n) is 3.62. The molecule has 1 aromatic heterocycles. The van der Waals surface area contributed by atoms with Crippen molar-refractivity contribution in [2.45, 2.75) is 32.2 Å². The van der Waals surface area contributed by atoms with E-state index in [9.17, 15) is 0 Å². The fourth-order valence-corrected chi connectivity index (χ4v) is 3.54. The zero-order valence-electron chi connectivity index (χ0n) is 10.9. The molecular formula is C15H17ClN2S. The second-order valence-corrected chi connectivity index (χ2v) is 6.50. The van der Waals surface area contributed by atoms with Gasteiger partial charge < -0.3 is 5.32 Å². The van der Waals surface area contributed by atoms with E-state index >= 15 is 0 Å². The molecule has 1 atom stereocenters. The summed E-state index contributed by atoms with van der Waals surface area (Å²) >= 11 is 7.75.